The van der Waals surface area contributed by atoms with E-state index in [1.807, 2.05) is 24.3 Å². The zero-order valence-corrected chi connectivity index (χ0v) is 15.5. The molecule has 1 N–H and O–H groups in total. The Bertz CT molecular complexity index is 1080. The van der Waals surface area contributed by atoms with Crippen LogP contribution in [0.1, 0.15) is 34.1 Å². The summed E-state index contributed by atoms with van der Waals surface area (Å²) >= 11 is 0. The minimum Gasteiger partial charge on any atom is -0.475 e. The summed E-state index contributed by atoms with van der Waals surface area (Å²) in [7, 11) is 0. The molecule has 0 spiro atoms. The fourth-order valence-electron chi connectivity index (χ4n) is 4.19. The van der Waals surface area contributed by atoms with E-state index >= 15 is 0 Å². The summed E-state index contributed by atoms with van der Waals surface area (Å²) in [4.78, 5) is 25.4. The molecule has 1 amide bonds. The van der Waals surface area contributed by atoms with Crippen LogP contribution in [-0.2, 0) is 11.3 Å². The quantitative estimate of drug-likeness (QED) is 0.738. The van der Waals surface area contributed by atoms with Crippen LogP contribution in [0, 0.1) is 0 Å². The summed E-state index contributed by atoms with van der Waals surface area (Å²) in [6, 6.07) is 16.3. The molecule has 0 atom stereocenters. The van der Waals surface area contributed by atoms with Crippen LogP contribution < -0.4 is 4.90 Å². The van der Waals surface area contributed by atoms with E-state index in [0.29, 0.717) is 19.5 Å². The molecular weight excluding hydrogens is 372 g/mol. The number of anilines is 1. The molecule has 2 aliphatic rings. The second-order valence-electron chi connectivity index (χ2n) is 7.09. The number of amides is 1. The molecule has 0 bridgehead atoms. The van der Waals surface area contributed by atoms with Crippen molar-refractivity contribution < 1.29 is 19.4 Å². The Morgan fingerprint density at radius 1 is 1.00 bits per heavy atom. The third kappa shape index (κ3) is 2.75. The number of carboxylic acids is 1. The lowest BCUT2D eigenvalue weighted by molar-refractivity contribution is 0.0676. The maximum absolute atomic E-state index is 12.8. The van der Waals surface area contributed by atoms with E-state index < -0.39 is 12.1 Å². The Kier molecular flexibility index (Phi) is 4.04. The molecule has 0 radical (unpaired) electrons. The fraction of sp³-hybridized carbons (Fsp3) is 0.238. The minimum atomic E-state index is -1.17. The molecule has 5 rings (SSSR count). The Morgan fingerprint density at radius 2 is 1.66 bits per heavy atom. The van der Waals surface area contributed by atoms with Gasteiger partial charge in [0.2, 0.25) is 11.8 Å². The average molecular weight is 390 g/mol. The Hall–Kier alpha value is -3.68. The van der Waals surface area contributed by atoms with Gasteiger partial charge in [0.05, 0.1) is 0 Å². The van der Waals surface area contributed by atoms with Gasteiger partial charge in [-0.3, -0.25) is 4.57 Å². The van der Waals surface area contributed by atoms with E-state index in [1.165, 1.54) is 9.47 Å². The first-order valence-corrected chi connectivity index (χ1v) is 9.44. The van der Waals surface area contributed by atoms with Crippen molar-refractivity contribution in [2.75, 3.05) is 18.1 Å². The molecule has 1 aliphatic heterocycles. The summed E-state index contributed by atoms with van der Waals surface area (Å²) in [5.41, 5.74) is 4.59. The number of carbonyl (C=O) groups is 2. The van der Waals surface area contributed by atoms with Gasteiger partial charge in [0.1, 0.15) is 6.61 Å². The molecule has 29 heavy (non-hydrogen) atoms. The number of hydrogen-bond acceptors (Lipinski definition) is 5. The van der Waals surface area contributed by atoms with Crippen LogP contribution in [0.4, 0.5) is 10.7 Å². The zero-order valence-electron chi connectivity index (χ0n) is 15.5. The van der Waals surface area contributed by atoms with Gasteiger partial charge >= 0.3 is 12.1 Å². The number of fused-ring (bicyclic) bond motifs is 4. The van der Waals surface area contributed by atoms with Crippen molar-refractivity contribution in [2.24, 2.45) is 0 Å². The van der Waals surface area contributed by atoms with Gasteiger partial charge in [-0.15, -0.1) is 10.2 Å². The molecule has 2 aromatic carbocycles. The second kappa shape index (κ2) is 6.73. The van der Waals surface area contributed by atoms with Crippen molar-refractivity contribution >= 4 is 18.0 Å². The van der Waals surface area contributed by atoms with Crippen molar-refractivity contribution in [3.8, 4) is 11.1 Å². The maximum Gasteiger partial charge on any atom is 0.416 e. The SMILES string of the molecule is O=C(O)c1nnc2n1CCCN2C(=O)OCC1c2ccccc2-c2ccccc21. The van der Waals surface area contributed by atoms with Gasteiger partial charge in [0.25, 0.3) is 0 Å². The first kappa shape index (κ1) is 17.4. The number of benzene rings is 2. The molecule has 1 aliphatic carbocycles. The van der Waals surface area contributed by atoms with E-state index in [9.17, 15) is 14.7 Å². The van der Waals surface area contributed by atoms with E-state index in [4.69, 9.17) is 4.74 Å². The monoisotopic (exact) mass is 390 g/mol. The van der Waals surface area contributed by atoms with Gasteiger partial charge in [0, 0.05) is 19.0 Å². The molecule has 8 heteroatoms. The third-order valence-electron chi connectivity index (χ3n) is 5.48. The summed E-state index contributed by atoms with van der Waals surface area (Å²) in [6.07, 6.45) is 0.0624. The van der Waals surface area contributed by atoms with Gasteiger partial charge in [-0.1, -0.05) is 48.5 Å². The van der Waals surface area contributed by atoms with Crippen LogP contribution in [0.25, 0.3) is 11.1 Å². The van der Waals surface area contributed by atoms with Gasteiger partial charge in [-0.25, -0.2) is 14.5 Å². The number of aromatic carboxylic acids is 1. The summed E-state index contributed by atoms with van der Waals surface area (Å²) in [5, 5.41) is 16.8. The number of hydrogen-bond donors (Lipinski definition) is 1. The number of carbonyl (C=O) groups excluding carboxylic acids is 1. The molecular formula is C21H18N4O4. The zero-order chi connectivity index (χ0) is 20.0. The topological polar surface area (TPSA) is 97.5 Å². The predicted molar refractivity (Wildman–Crippen MR) is 104 cm³/mol. The lowest BCUT2D eigenvalue weighted by Gasteiger charge is -2.26. The van der Waals surface area contributed by atoms with Gasteiger partial charge in [-0.05, 0) is 28.7 Å². The number of carboxylic acid groups (broad SMARTS) is 1. The molecule has 0 fully saturated rings. The highest BCUT2D eigenvalue weighted by molar-refractivity contribution is 5.88. The largest absolute Gasteiger partial charge is 0.475 e. The van der Waals surface area contributed by atoms with Crippen LogP contribution in [0.15, 0.2) is 48.5 Å². The van der Waals surface area contributed by atoms with Crippen LogP contribution in [0.5, 0.6) is 0 Å². The standard InChI is InChI=1S/C21H18N4O4/c26-19(27)18-22-23-20-24(18)10-5-11-25(20)21(28)29-12-17-15-8-3-1-6-13(15)14-7-2-4-9-16(14)17/h1-4,6-9,17H,5,10-12H2,(H,26,27). The van der Waals surface area contributed by atoms with Gasteiger partial charge in [0.15, 0.2) is 0 Å². The highest BCUT2D eigenvalue weighted by Gasteiger charge is 2.33. The predicted octanol–water partition coefficient (Wildman–Crippen LogP) is 3.14. The molecule has 0 unspecified atom stereocenters. The molecule has 3 aromatic rings. The molecule has 1 aromatic heterocycles. The van der Waals surface area contributed by atoms with E-state index in [0.717, 1.165) is 22.3 Å². The normalized spacial score (nSPS) is 14.8. The van der Waals surface area contributed by atoms with Crippen LogP contribution in [0.3, 0.4) is 0 Å². The van der Waals surface area contributed by atoms with Crippen molar-refractivity contribution in [3.63, 3.8) is 0 Å². The Morgan fingerprint density at radius 3 is 2.31 bits per heavy atom. The molecule has 8 nitrogen and oxygen atoms in total. The highest BCUT2D eigenvalue weighted by atomic mass is 16.6. The van der Waals surface area contributed by atoms with Gasteiger partial charge in [-0.2, -0.15) is 0 Å². The highest BCUT2D eigenvalue weighted by Crippen LogP contribution is 2.44. The van der Waals surface area contributed by atoms with Crippen molar-refractivity contribution in [1.82, 2.24) is 14.8 Å². The number of ether oxygens (including phenoxy) is 1. The minimum absolute atomic E-state index is 0.0383. The molecule has 2 heterocycles. The van der Waals surface area contributed by atoms with Crippen molar-refractivity contribution in [2.45, 2.75) is 18.9 Å². The second-order valence-corrected chi connectivity index (χ2v) is 7.09. The molecule has 0 saturated carbocycles. The summed E-state index contributed by atoms with van der Waals surface area (Å²) in [6.45, 7) is 1.06. The Balaban J connectivity index is 1.38. The fourth-order valence-corrected chi connectivity index (χ4v) is 4.19. The van der Waals surface area contributed by atoms with E-state index in [2.05, 4.69) is 34.5 Å². The smallest absolute Gasteiger partial charge is 0.416 e. The van der Waals surface area contributed by atoms with Crippen LogP contribution in [0.2, 0.25) is 0 Å². The lowest BCUT2D eigenvalue weighted by Crippen LogP contribution is -2.39. The van der Waals surface area contributed by atoms with E-state index in [-0.39, 0.29) is 24.3 Å². The van der Waals surface area contributed by atoms with Crippen molar-refractivity contribution in [3.05, 3.63) is 65.5 Å². The summed E-state index contributed by atoms with van der Waals surface area (Å²) in [5.74, 6) is -1.16. The first-order valence-electron chi connectivity index (χ1n) is 9.44. The van der Waals surface area contributed by atoms with Crippen LogP contribution >= 0.6 is 0 Å². The summed E-state index contributed by atoms with van der Waals surface area (Å²) < 4.78 is 7.10. The lowest BCUT2D eigenvalue weighted by atomic mass is 9.98. The maximum atomic E-state index is 12.8. The van der Waals surface area contributed by atoms with E-state index in [1.54, 1.807) is 0 Å². The molecule has 0 saturated heterocycles. The molecule has 146 valence electrons. The van der Waals surface area contributed by atoms with Crippen molar-refractivity contribution in [1.29, 1.82) is 0 Å². The van der Waals surface area contributed by atoms with Gasteiger partial charge < -0.3 is 9.84 Å². The Labute approximate surface area is 166 Å². The number of aromatic nitrogens is 3. The van der Waals surface area contributed by atoms with Crippen LogP contribution in [-0.4, -0.2) is 45.1 Å². The average Bonchev–Trinajstić information content (AvgIpc) is 3.32. The third-order valence-corrected chi connectivity index (χ3v) is 5.48. The first-order chi connectivity index (χ1) is 14.1. The number of nitrogens with zero attached hydrogens (tertiary/aromatic N) is 4. The number of rotatable bonds is 3.